The van der Waals surface area contributed by atoms with Gasteiger partial charge in [0.15, 0.2) is 11.5 Å². The molecule has 170 valence electrons. The smallest absolute Gasteiger partial charge is 0.270 e. The van der Waals surface area contributed by atoms with E-state index in [0.29, 0.717) is 29.5 Å². The van der Waals surface area contributed by atoms with Crippen LogP contribution >= 0.6 is 0 Å². The Morgan fingerprint density at radius 2 is 1.94 bits per heavy atom. The number of carbonyl (C=O) groups is 1. The molecule has 34 heavy (non-hydrogen) atoms. The molecule has 0 fully saturated rings. The van der Waals surface area contributed by atoms with Gasteiger partial charge in [0.05, 0.1) is 18.8 Å². The molecule has 6 heteroatoms. The maximum absolute atomic E-state index is 13.0. The Kier molecular flexibility index (Phi) is 6.21. The lowest BCUT2D eigenvalue weighted by Crippen LogP contribution is -2.27. The van der Waals surface area contributed by atoms with E-state index in [1.165, 1.54) is 11.1 Å². The van der Waals surface area contributed by atoms with Crippen LogP contribution in [0.2, 0.25) is 0 Å². The minimum absolute atomic E-state index is 0.0190. The molecule has 0 aliphatic heterocycles. The zero-order chi connectivity index (χ0) is 23.3. The van der Waals surface area contributed by atoms with E-state index in [9.17, 15) is 4.79 Å². The normalized spacial score (nSPS) is 14.3. The Balaban J connectivity index is 1.32. The highest BCUT2D eigenvalue weighted by molar-refractivity contribution is 5.93. The van der Waals surface area contributed by atoms with Gasteiger partial charge in [0.1, 0.15) is 12.3 Å². The first-order chi connectivity index (χ1) is 16.7. The number of aromatic nitrogens is 2. The fourth-order valence-corrected chi connectivity index (χ4v) is 4.25. The van der Waals surface area contributed by atoms with Crippen LogP contribution in [0.25, 0.3) is 11.3 Å². The van der Waals surface area contributed by atoms with E-state index < -0.39 is 0 Å². The second-order valence-electron chi connectivity index (χ2n) is 8.19. The number of hydrogen-bond acceptors (Lipinski definition) is 5. The SMILES string of the molecule is COc1cc(-c2cccc(C(=O)NC3CCc4ccccc43)n2)ccc1OCc1cccnc1. The second kappa shape index (κ2) is 9.75. The van der Waals surface area contributed by atoms with Crippen LogP contribution < -0.4 is 14.8 Å². The van der Waals surface area contributed by atoms with E-state index in [0.717, 1.165) is 24.0 Å². The van der Waals surface area contributed by atoms with Gasteiger partial charge in [-0.2, -0.15) is 0 Å². The van der Waals surface area contributed by atoms with Crippen molar-refractivity contribution < 1.29 is 14.3 Å². The Morgan fingerprint density at radius 3 is 2.79 bits per heavy atom. The first-order valence-electron chi connectivity index (χ1n) is 11.3. The van der Waals surface area contributed by atoms with Crippen LogP contribution in [0.4, 0.5) is 0 Å². The van der Waals surface area contributed by atoms with Crippen LogP contribution in [0.3, 0.4) is 0 Å². The minimum Gasteiger partial charge on any atom is -0.493 e. The summed E-state index contributed by atoms with van der Waals surface area (Å²) < 4.78 is 11.5. The van der Waals surface area contributed by atoms with Gasteiger partial charge in [-0.3, -0.25) is 9.78 Å². The fourth-order valence-electron chi connectivity index (χ4n) is 4.25. The van der Waals surface area contributed by atoms with Crippen molar-refractivity contribution in [3.8, 4) is 22.8 Å². The van der Waals surface area contributed by atoms with Crippen LogP contribution in [-0.2, 0) is 13.0 Å². The average molecular weight is 452 g/mol. The largest absolute Gasteiger partial charge is 0.493 e. The van der Waals surface area contributed by atoms with Gasteiger partial charge >= 0.3 is 0 Å². The number of nitrogens with one attached hydrogen (secondary N) is 1. The first kappa shape index (κ1) is 21.6. The number of pyridine rings is 2. The Morgan fingerprint density at radius 1 is 1.03 bits per heavy atom. The first-order valence-corrected chi connectivity index (χ1v) is 11.3. The molecule has 0 radical (unpaired) electrons. The van der Waals surface area contributed by atoms with E-state index >= 15 is 0 Å². The summed E-state index contributed by atoms with van der Waals surface area (Å²) in [6.07, 6.45) is 5.38. The fraction of sp³-hybridized carbons (Fsp3) is 0.179. The van der Waals surface area contributed by atoms with Crippen molar-refractivity contribution in [2.45, 2.75) is 25.5 Å². The van der Waals surface area contributed by atoms with E-state index in [2.05, 4.69) is 27.4 Å². The average Bonchev–Trinajstić information content (AvgIpc) is 3.30. The zero-order valence-corrected chi connectivity index (χ0v) is 18.9. The number of nitrogens with zero attached hydrogens (tertiary/aromatic N) is 2. The second-order valence-corrected chi connectivity index (χ2v) is 8.19. The molecule has 0 spiro atoms. The molecule has 1 amide bonds. The summed E-state index contributed by atoms with van der Waals surface area (Å²) in [4.78, 5) is 21.7. The van der Waals surface area contributed by atoms with Gasteiger partial charge in [-0.05, 0) is 60.4 Å². The number of ether oxygens (including phenoxy) is 2. The molecule has 1 N–H and O–H groups in total. The van der Waals surface area contributed by atoms with Crippen molar-refractivity contribution in [2.24, 2.45) is 0 Å². The highest BCUT2D eigenvalue weighted by Gasteiger charge is 2.24. The number of methoxy groups -OCH3 is 1. The van der Waals surface area contributed by atoms with Gasteiger partial charge < -0.3 is 14.8 Å². The van der Waals surface area contributed by atoms with Crippen molar-refractivity contribution in [2.75, 3.05) is 7.11 Å². The van der Waals surface area contributed by atoms with Crippen LogP contribution in [-0.4, -0.2) is 23.0 Å². The lowest BCUT2D eigenvalue weighted by Gasteiger charge is -2.15. The summed E-state index contributed by atoms with van der Waals surface area (Å²) in [5, 5.41) is 3.14. The number of amides is 1. The molecule has 2 heterocycles. The zero-order valence-electron chi connectivity index (χ0n) is 18.9. The third-order valence-corrected chi connectivity index (χ3v) is 6.00. The molecule has 1 aliphatic carbocycles. The van der Waals surface area contributed by atoms with Crippen molar-refractivity contribution in [3.63, 3.8) is 0 Å². The maximum Gasteiger partial charge on any atom is 0.270 e. The van der Waals surface area contributed by atoms with Crippen molar-refractivity contribution in [1.29, 1.82) is 0 Å². The summed E-state index contributed by atoms with van der Waals surface area (Å²) in [5.74, 6) is 1.05. The molecule has 2 aromatic heterocycles. The van der Waals surface area contributed by atoms with E-state index in [1.807, 2.05) is 54.6 Å². The highest BCUT2D eigenvalue weighted by atomic mass is 16.5. The van der Waals surface area contributed by atoms with Crippen LogP contribution in [0.15, 0.2) is 85.2 Å². The summed E-state index contributed by atoms with van der Waals surface area (Å²) in [5.41, 5.74) is 5.38. The lowest BCUT2D eigenvalue weighted by molar-refractivity contribution is 0.0932. The number of carbonyl (C=O) groups excluding carboxylic acids is 1. The Bertz CT molecular complexity index is 1310. The van der Waals surface area contributed by atoms with E-state index in [4.69, 9.17) is 9.47 Å². The number of aryl methyl sites for hydroxylation is 1. The van der Waals surface area contributed by atoms with E-state index in [1.54, 1.807) is 25.6 Å². The number of rotatable bonds is 7. The molecule has 5 rings (SSSR count). The molecule has 0 saturated carbocycles. The van der Waals surface area contributed by atoms with Crippen LogP contribution in [0.1, 0.15) is 39.6 Å². The van der Waals surface area contributed by atoms with Gasteiger partial charge in [0.25, 0.3) is 5.91 Å². The van der Waals surface area contributed by atoms with Crippen molar-refractivity contribution in [3.05, 3.63) is 108 Å². The van der Waals surface area contributed by atoms with E-state index in [-0.39, 0.29) is 11.9 Å². The predicted molar refractivity (Wildman–Crippen MR) is 130 cm³/mol. The standard InChI is InChI=1S/C28H25N3O3/c1-33-27-16-21(12-14-26(27)34-18-19-6-5-15-29-17-19)23-9-4-10-25(30-23)28(32)31-24-13-11-20-7-2-3-8-22(20)24/h2-10,12,14-17,24H,11,13,18H2,1H3,(H,31,32). The summed E-state index contributed by atoms with van der Waals surface area (Å²) in [7, 11) is 1.60. The minimum atomic E-state index is -0.174. The lowest BCUT2D eigenvalue weighted by atomic mass is 10.1. The van der Waals surface area contributed by atoms with Gasteiger partial charge in [-0.1, -0.05) is 36.4 Å². The molecule has 1 atom stereocenters. The molecular formula is C28H25N3O3. The molecular weight excluding hydrogens is 426 g/mol. The third kappa shape index (κ3) is 4.62. The third-order valence-electron chi connectivity index (χ3n) is 6.00. The Labute approximate surface area is 198 Å². The van der Waals surface area contributed by atoms with Crippen LogP contribution in [0, 0.1) is 0 Å². The van der Waals surface area contributed by atoms with Crippen LogP contribution in [0.5, 0.6) is 11.5 Å². The summed E-state index contributed by atoms with van der Waals surface area (Å²) in [6, 6.07) is 23.2. The van der Waals surface area contributed by atoms with Gasteiger partial charge in [-0.25, -0.2) is 4.98 Å². The van der Waals surface area contributed by atoms with Gasteiger partial charge in [0.2, 0.25) is 0 Å². The molecule has 6 nitrogen and oxygen atoms in total. The highest BCUT2D eigenvalue weighted by Crippen LogP contribution is 2.33. The predicted octanol–water partition coefficient (Wildman–Crippen LogP) is 5.15. The number of benzene rings is 2. The molecule has 1 aliphatic rings. The maximum atomic E-state index is 13.0. The topological polar surface area (TPSA) is 73.3 Å². The van der Waals surface area contributed by atoms with Gasteiger partial charge in [0, 0.05) is 23.5 Å². The molecule has 0 saturated heterocycles. The van der Waals surface area contributed by atoms with Gasteiger partial charge in [-0.15, -0.1) is 0 Å². The van der Waals surface area contributed by atoms with Crippen molar-refractivity contribution in [1.82, 2.24) is 15.3 Å². The molecule has 4 aromatic rings. The summed E-state index contributed by atoms with van der Waals surface area (Å²) in [6.45, 7) is 0.391. The molecule has 1 unspecified atom stereocenters. The Hall–Kier alpha value is -4.19. The number of hydrogen-bond donors (Lipinski definition) is 1. The molecule has 2 aromatic carbocycles. The monoisotopic (exact) mass is 451 g/mol. The number of fused-ring (bicyclic) bond motifs is 1. The summed E-state index contributed by atoms with van der Waals surface area (Å²) >= 11 is 0. The van der Waals surface area contributed by atoms with Crippen molar-refractivity contribution >= 4 is 5.91 Å². The molecule has 0 bridgehead atoms. The quantitative estimate of drug-likeness (QED) is 0.421.